The van der Waals surface area contributed by atoms with Gasteiger partial charge in [-0.15, -0.1) is 5.92 Å². The fourth-order valence-corrected chi connectivity index (χ4v) is 0.939. The van der Waals surface area contributed by atoms with Crippen LogP contribution in [0.3, 0.4) is 0 Å². The second-order valence-electron chi connectivity index (χ2n) is 2.11. The molecule has 0 fully saturated rings. The highest BCUT2D eigenvalue weighted by molar-refractivity contribution is 6.30. The monoisotopic (exact) mass is 165 g/mol. The number of hydrogen-bond donors (Lipinski definition) is 0. The van der Waals surface area contributed by atoms with Crippen LogP contribution in [0.5, 0.6) is 0 Å². The molecule has 0 N–H and O–H groups in total. The highest BCUT2D eigenvalue weighted by Crippen LogP contribution is 2.08. The number of halogens is 1. The summed E-state index contributed by atoms with van der Waals surface area (Å²) in [7, 11) is 0. The zero-order chi connectivity index (χ0) is 8.10. The van der Waals surface area contributed by atoms with Crippen molar-refractivity contribution in [3.8, 4) is 11.8 Å². The lowest BCUT2D eigenvalue weighted by atomic mass is 10.2. The maximum atomic E-state index is 5.71. The normalized spacial score (nSPS) is 8.55. The van der Waals surface area contributed by atoms with Gasteiger partial charge in [0.1, 0.15) is 0 Å². The highest BCUT2D eigenvalue weighted by Gasteiger charge is 1.90. The molecule has 0 spiro atoms. The first kappa shape index (κ1) is 8.10. The Kier molecular flexibility index (Phi) is 2.95. The Hall–Kier alpha value is -1.00. The number of aromatic nitrogens is 1. The first-order valence-electron chi connectivity index (χ1n) is 3.32. The van der Waals surface area contributed by atoms with Crippen molar-refractivity contribution in [2.75, 3.05) is 0 Å². The van der Waals surface area contributed by atoms with E-state index in [0.717, 1.165) is 12.0 Å². The van der Waals surface area contributed by atoms with Gasteiger partial charge in [0.2, 0.25) is 0 Å². The smallest absolute Gasteiger partial charge is 0.0592 e. The zero-order valence-corrected chi connectivity index (χ0v) is 7.02. The molecule has 0 aliphatic rings. The van der Waals surface area contributed by atoms with Crippen LogP contribution in [0.1, 0.15) is 12.5 Å². The molecule has 0 atom stereocenters. The molecule has 1 nitrogen and oxygen atoms in total. The SMILES string of the molecule is CC#CCc1cncc(Cl)c1. The van der Waals surface area contributed by atoms with Crippen molar-refractivity contribution in [3.63, 3.8) is 0 Å². The lowest BCUT2D eigenvalue weighted by Gasteiger charge is -1.93. The van der Waals surface area contributed by atoms with Gasteiger partial charge in [-0.05, 0) is 18.6 Å². The van der Waals surface area contributed by atoms with Crippen LogP contribution < -0.4 is 0 Å². The summed E-state index contributed by atoms with van der Waals surface area (Å²) in [6.07, 6.45) is 4.12. The van der Waals surface area contributed by atoms with E-state index in [1.165, 1.54) is 0 Å². The number of pyridine rings is 1. The number of rotatable bonds is 1. The molecular weight excluding hydrogens is 158 g/mol. The predicted molar refractivity (Wildman–Crippen MR) is 46.4 cm³/mol. The molecule has 0 saturated heterocycles. The van der Waals surface area contributed by atoms with Crippen LogP contribution in [0.15, 0.2) is 18.5 Å². The summed E-state index contributed by atoms with van der Waals surface area (Å²) >= 11 is 5.71. The molecule has 0 bridgehead atoms. The Labute approximate surface area is 71.4 Å². The fraction of sp³-hybridized carbons (Fsp3) is 0.222. The van der Waals surface area contributed by atoms with Crippen molar-refractivity contribution in [2.45, 2.75) is 13.3 Å². The fourth-order valence-electron chi connectivity index (χ4n) is 0.743. The molecule has 0 aliphatic heterocycles. The predicted octanol–water partition coefficient (Wildman–Crippen LogP) is 2.30. The van der Waals surface area contributed by atoms with E-state index in [-0.39, 0.29) is 0 Å². The Morgan fingerprint density at radius 1 is 1.55 bits per heavy atom. The molecule has 0 aliphatic carbocycles. The summed E-state index contributed by atoms with van der Waals surface area (Å²) in [6.45, 7) is 1.82. The molecule has 0 saturated carbocycles. The Balaban J connectivity index is 2.76. The van der Waals surface area contributed by atoms with E-state index in [0.29, 0.717) is 5.02 Å². The Morgan fingerprint density at radius 3 is 3.00 bits per heavy atom. The third-order valence-electron chi connectivity index (χ3n) is 1.23. The van der Waals surface area contributed by atoms with Gasteiger partial charge in [-0.1, -0.05) is 17.5 Å². The third kappa shape index (κ3) is 2.61. The first-order valence-corrected chi connectivity index (χ1v) is 3.70. The molecule has 11 heavy (non-hydrogen) atoms. The average Bonchev–Trinajstić information content (AvgIpc) is 2.01. The van der Waals surface area contributed by atoms with Crippen molar-refractivity contribution in [1.29, 1.82) is 0 Å². The van der Waals surface area contributed by atoms with E-state index < -0.39 is 0 Å². The van der Waals surface area contributed by atoms with E-state index in [2.05, 4.69) is 16.8 Å². The molecule has 0 unspecified atom stereocenters. The van der Waals surface area contributed by atoms with Gasteiger partial charge in [-0.2, -0.15) is 0 Å². The summed E-state index contributed by atoms with van der Waals surface area (Å²) in [6, 6.07) is 1.87. The minimum Gasteiger partial charge on any atom is -0.263 e. The van der Waals surface area contributed by atoms with Crippen molar-refractivity contribution >= 4 is 11.6 Å². The molecular formula is C9H8ClN. The van der Waals surface area contributed by atoms with Crippen LogP contribution in [-0.2, 0) is 6.42 Å². The molecule has 1 rings (SSSR count). The Morgan fingerprint density at radius 2 is 2.36 bits per heavy atom. The second kappa shape index (κ2) is 4.00. The number of hydrogen-bond acceptors (Lipinski definition) is 1. The standard InChI is InChI=1S/C9H8ClN/c1-2-3-4-8-5-9(10)7-11-6-8/h5-7H,4H2,1H3. The Bertz CT molecular complexity index is 296. The lowest BCUT2D eigenvalue weighted by Crippen LogP contribution is -1.82. The van der Waals surface area contributed by atoms with Crippen LogP contribution in [0.4, 0.5) is 0 Å². The van der Waals surface area contributed by atoms with E-state index in [1.54, 1.807) is 12.4 Å². The van der Waals surface area contributed by atoms with Crippen LogP contribution in [-0.4, -0.2) is 4.98 Å². The van der Waals surface area contributed by atoms with Crippen molar-refractivity contribution in [2.24, 2.45) is 0 Å². The first-order chi connectivity index (χ1) is 5.33. The average molecular weight is 166 g/mol. The van der Waals surface area contributed by atoms with Crippen LogP contribution in [0.2, 0.25) is 5.02 Å². The largest absolute Gasteiger partial charge is 0.263 e. The highest BCUT2D eigenvalue weighted by atomic mass is 35.5. The second-order valence-corrected chi connectivity index (χ2v) is 2.55. The van der Waals surface area contributed by atoms with Gasteiger partial charge in [0.15, 0.2) is 0 Å². The molecule has 2 heteroatoms. The minimum absolute atomic E-state index is 0.667. The molecule has 0 amide bonds. The summed E-state index contributed by atoms with van der Waals surface area (Å²) in [5.74, 6) is 5.76. The summed E-state index contributed by atoms with van der Waals surface area (Å²) < 4.78 is 0. The van der Waals surface area contributed by atoms with Crippen molar-refractivity contribution in [1.82, 2.24) is 4.98 Å². The molecule has 1 aromatic rings. The molecule has 56 valence electrons. The van der Waals surface area contributed by atoms with E-state index in [4.69, 9.17) is 11.6 Å². The molecule has 1 heterocycles. The van der Waals surface area contributed by atoms with Gasteiger partial charge < -0.3 is 0 Å². The van der Waals surface area contributed by atoms with Gasteiger partial charge in [0, 0.05) is 18.8 Å². The van der Waals surface area contributed by atoms with E-state index in [1.807, 2.05) is 13.0 Å². The van der Waals surface area contributed by atoms with Gasteiger partial charge >= 0.3 is 0 Å². The van der Waals surface area contributed by atoms with Crippen LogP contribution in [0.25, 0.3) is 0 Å². The third-order valence-corrected chi connectivity index (χ3v) is 1.44. The molecule has 0 radical (unpaired) electrons. The van der Waals surface area contributed by atoms with Crippen LogP contribution >= 0.6 is 11.6 Å². The lowest BCUT2D eigenvalue weighted by molar-refractivity contribution is 1.21. The summed E-state index contributed by atoms with van der Waals surface area (Å²) in [4.78, 5) is 3.94. The van der Waals surface area contributed by atoms with Crippen molar-refractivity contribution in [3.05, 3.63) is 29.0 Å². The summed E-state index contributed by atoms with van der Waals surface area (Å²) in [5.41, 5.74) is 1.06. The maximum absolute atomic E-state index is 5.71. The number of nitrogens with zero attached hydrogens (tertiary/aromatic N) is 1. The quantitative estimate of drug-likeness (QED) is 0.582. The topological polar surface area (TPSA) is 12.9 Å². The maximum Gasteiger partial charge on any atom is 0.0592 e. The van der Waals surface area contributed by atoms with Gasteiger partial charge in [0.05, 0.1) is 5.02 Å². The summed E-state index contributed by atoms with van der Waals surface area (Å²) in [5, 5.41) is 0.667. The van der Waals surface area contributed by atoms with Crippen LogP contribution in [0, 0.1) is 11.8 Å². The van der Waals surface area contributed by atoms with Gasteiger partial charge in [-0.25, -0.2) is 0 Å². The zero-order valence-electron chi connectivity index (χ0n) is 6.26. The van der Waals surface area contributed by atoms with Gasteiger partial charge in [-0.3, -0.25) is 4.98 Å². The van der Waals surface area contributed by atoms with Crippen molar-refractivity contribution < 1.29 is 0 Å². The minimum atomic E-state index is 0.667. The molecule has 0 aromatic carbocycles. The van der Waals surface area contributed by atoms with E-state index >= 15 is 0 Å². The van der Waals surface area contributed by atoms with Gasteiger partial charge in [0.25, 0.3) is 0 Å². The molecule has 1 aromatic heterocycles. The van der Waals surface area contributed by atoms with E-state index in [9.17, 15) is 0 Å².